The van der Waals surface area contributed by atoms with Gasteiger partial charge in [-0.3, -0.25) is 0 Å². The SMILES string of the molecule is CCNCc1sc(Cc2ccccc2Cl)nc1CC. The van der Waals surface area contributed by atoms with Crippen LogP contribution in [0, 0.1) is 0 Å². The average Bonchev–Trinajstić information content (AvgIpc) is 2.81. The molecule has 0 saturated heterocycles. The molecule has 0 radical (unpaired) electrons. The molecule has 0 saturated carbocycles. The van der Waals surface area contributed by atoms with E-state index in [9.17, 15) is 0 Å². The first-order chi connectivity index (χ1) is 9.24. The maximum atomic E-state index is 6.20. The van der Waals surface area contributed by atoms with E-state index in [1.807, 2.05) is 18.2 Å². The summed E-state index contributed by atoms with van der Waals surface area (Å²) in [7, 11) is 0. The number of hydrogen-bond donors (Lipinski definition) is 1. The molecule has 19 heavy (non-hydrogen) atoms. The van der Waals surface area contributed by atoms with Gasteiger partial charge in [-0.15, -0.1) is 11.3 Å². The molecule has 1 N–H and O–H groups in total. The predicted octanol–water partition coefficient (Wildman–Crippen LogP) is 4.06. The summed E-state index contributed by atoms with van der Waals surface area (Å²) in [6, 6.07) is 7.99. The minimum atomic E-state index is 0.823. The molecule has 0 aliphatic rings. The van der Waals surface area contributed by atoms with Gasteiger partial charge in [-0.05, 0) is 24.6 Å². The zero-order valence-electron chi connectivity index (χ0n) is 11.4. The third-order valence-corrected chi connectivity index (χ3v) is 4.46. The van der Waals surface area contributed by atoms with Gasteiger partial charge < -0.3 is 5.32 Å². The van der Waals surface area contributed by atoms with Crippen LogP contribution in [0.5, 0.6) is 0 Å². The van der Waals surface area contributed by atoms with Gasteiger partial charge in [-0.1, -0.05) is 43.6 Å². The fourth-order valence-electron chi connectivity index (χ4n) is 1.97. The molecule has 0 spiro atoms. The smallest absolute Gasteiger partial charge is 0.0975 e. The number of thiazole rings is 1. The van der Waals surface area contributed by atoms with E-state index < -0.39 is 0 Å². The molecule has 4 heteroatoms. The van der Waals surface area contributed by atoms with Crippen LogP contribution < -0.4 is 5.32 Å². The molecule has 1 aromatic carbocycles. The van der Waals surface area contributed by atoms with E-state index in [2.05, 4.69) is 25.2 Å². The molecule has 0 aliphatic carbocycles. The molecule has 2 nitrogen and oxygen atoms in total. The quantitative estimate of drug-likeness (QED) is 0.869. The summed E-state index contributed by atoms with van der Waals surface area (Å²) in [6.45, 7) is 6.18. The highest BCUT2D eigenvalue weighted by Crippen LogP contribution is 2.24. The van der Waals surface area contributed by atoms with E-state index >= 15 is 0 Å². The van der Waals surface area contributed by atoms with Crippen LogP contribution in [0.25, 0.3) is 0 Å². The van der Waals surface area contributed by atoms with E-state index in [0.717, 1.165) is 41.5 Å². The van der Waals surface area contributed by atoms with Gasteiger partial charge in [0.05, 0.1) is 10.7 Å². The minimum Gasteiger partial charge on any atom is -0.312 e. The molecule has 0 atom stereocenters. The van der Waals surface area contributed by atoms with Crippen LogP contribution in [0.15, 0.2) is 24.3 Å². The molecule has 0 bridgehead atoms. The zero-order valence-corrected chi connectivity index (χ0v) is 12.9. The number of aryl methyl sites for hydroxylation is 1. The molecule has 1 aromatic heterocycles. The number of hydrogen-bond acceptors (Lipinski definition) is 3. The largest absolute Gasteiger partial charge is 0.312 e. The van der Waals surface area contributed by atoms with E-state index in [1.54, 1.807) is 11.3 Å². The lowest BCUT2D eigenvalue weighted by Crippen LogP contribution is -2.11. The van der Waals surface area contributed by atoms with Crippen molar-refractivity contribution in [2.24, 2.45) is 0 Å². The van der Waals surface area contributed by atoms with Crippen LogP contribution in [-0.2, 0) is 19.4 Å². The zero-order chi connectivity index (χ0) is 13.7. The van der Waals surface area contributed by atoms with Crippen LogP contribution >= 0.6 is 22.9 Å². The maximum Gasteiger partial charge on any atom is 0.0975 e. The molecular weight excluding hydrogens is 276 g/mol. The van der Waals surface area contributed by atoms with Crippen molar-refractivity contribution < 1.29 is 0 Å². The Bertz CT molecular complexity index is 537. The van der Waals surface area contributed by atoms with Crippen LogP contribution in [-0.4, -0.2) is 11.5 Å². The Hall–Kier alpha value is -0.900. The Balaban J connectivity index is 2.17. The second-order valence-electron chi connectivity index (χ2n) is 4.38. The Morgan fingerprint density at radius 1 is 1.26 bits per heavy atom. The molecule has 0 amide bonds. The standard InChI is InChI=1S/C15H19ClN2S/c1-3-13-14(10-17-4-2)19-15(18-13)9-11-7-5-6-8-12(11)16/h5-8,17H,3-4,9-10H2,1-2H3. The molecular formula is C15H19ClN2S. The van der Waals surface area contributed by atoms with Gasteiger partial charge in [-0.25, -0.2) is 4.98 Å². The number of aromatic nitrogens is 1. The van der Waals surface area contributed by atoms with Crippen molar-refractivity contribution in [1.29, 1.82) is 0 Å². The maximum absolute atomic E-state index is 6.20. The normalized spacial score (nSPS) is 10.9. The lowest BCUT2D eigenvalue weighted by Gasteiger charge is -2.00. The molecule has 1 heterocycles. The topological polar surface area (TPSA) is 24.9 Å². The van der Waals surface area contributed by atoms with E-state index in [1.165, 1.54) is 10.6 Å². The third kappa shape index (κ3) is 3.78. The summed E-state index contributed by atoms with van der Waals surface area (Å²) in [6.07, 6.45) is 1.81. The van der Waals surface area contributed by atoms with Crippen LogP contribution in [0.2, 0.25) is 5.02 Å². The van der Waals surface area contributed by atoms with Gasteiger partial charge in [0.15, 0.2) is 0 Å². The van der Waals surface area contributed by atoms with Crippen LogP contribution in [0.3, 0.4) is 0 Å². The molecule has 2 rings (SSSR count). The Kier molecular flexibility index (Phi) is 5.37. The van der Waals surface area contributed by atoms with Crippen molar-refractivity contribution in [3.63, 3.8) is 0 Å². The first-order valence-electron chi connectivity index (χ1n) is 6.66. The van der Waals surface area contributed by atoms with Crippen molar-refractivity contribution in [3.8, 4) is 0 Å². The molecule has 0 unspecified atom stereocenters. The predicted molar refractivity (Wildman–Crippen MR) is 83.1 cm³/mol. The second-order valence-corrected chi connectivity index (χ2v) is 5.95. The second kappa shape index (κ2) is 7.04. The fraction of sp³-hybridized carbons (Fsp3) is 0.400. The van der Waals surface area contributed by atoms with Crippen molar-refractivity contribution in [2.45, 2.75) is 33.2 Å². The third-order valence-electron chi connectivity index (χ3n) is 2.99. The highest BCUT2D eigenvalue weighted by Gasteiger charge is 2.10. The van der Waals surface area contributed by atoms with Crippen LogP contribution in [0.1, 0.15) is 35.0 Å². The molecule has 0 fully saturated rings. The van der Waals surface area contributed by atoms with Crippen molar-refractivity contribution in [1.82, 2.24) is 10.3 Å². The fourth-order valence-corrected chi connectivity index (χ4v) is 3.32. The Morgan fingerprint density at radius 3 is 2.74 bits per heavy atom. The summed E-state index contributed by atoms with van der Waals surface area (Å²) < 4.78 is 0. The van der Waals surface area contributed by atoms with Gasteiger partial charge in [0.2, 0.25) is 0 Å². The van der Waals surface area contributed by atoms with Crippen molar-refractivity contribution in [2.75, 3.05) is 6.54 Å². The highest BCUT2D eigenvalue weighted by molar-refractivity contribution is 7.11. The number of rotatable bonds is 6. The van der Waals surface area contributed by atoms with Gasteiger partial charge in [-0.2, -0.15) is 0 Å². The van der Waals surface area contributed by atoms with Gasteiger partial charge in [0.25, 0.3) is 0 Å². The lowest BCUT2D eigenvalue weighted by atomic mass is 10.1. The monoisotopic (exact) mass is 294 g/mol. The summed E-state index contributed by atoms with van der Waals surface area (Å²) in [5.41, 5.74) is 2.36. The molecule has 0 aliphatic heterocycles. The Morgan fingerprint density at radius 2 is 2.05 bits per heavy atom. The highest BCUT2D eigenvalue weighted by atomic mass is 35.5. The van der Waals surface area contributed by atoms with E-state index in [0.29, 0.717) is 0 Å². The number of nitrogens with zero attached hydrogens (tertiary/aromatic N) is 1. The van der Waals surface area contributed by atoms with Gasteiger partial charge in [0.1, 0.15) is 0 Å². The summed E-state index contributed by atoms with van der Waals surface area (Å²) in [5, 5.41) is 5.35. The number of halogens is 1. The molecule has 2 aromatic rings. The number of nitrogens with one attached hydrogen (secondary N) is 1. The van der Waals surface area contributed by atoms with E-state index in [4.69, 9.17) is 16.6 Å². The van der Waals surface area contributed by atoms with Crippen LogP contribution in [0.4, 0.5) is 0 Å². The van der Waals surface area contributed by atoms with E-state index in [-0.39, 0.29) is 0 Å². The summed E-state index contributed by atoms with van der Waals surface area (Å²) in [5.74, 6) is 0. The average molecular weight is 295 g/mol. The first kappa shape index (κ1) is 14.5. The number of benzene rings is 1. The summed E-state index contributed by atoms with van der Waals surface area (Å²) >= 11 is 8.00. The summed E-state index contributed by atoms with van der Waals surface area (Å²) in [4.78, 5) is 6.09. The lowest BCUT2D eigenvalue weighted by molar-refractivity contribution is 0.727. The molecule has 102 valence electrons. The van der Waals surface area contributed by atoms with Crippen molar-refractivity contribution >= 4 is 22.9 Å². The van der Waals surface area contributed by atoms with Gasteiger partial charge in [0, 0.05) is 22.9 Å². The Labute approximate surface area is 123 Å². The first-order valence-corrected chi connectivity index (χ1v) is 7.85. The van der Waals surface area contributed by atoms with Crippen molar-refractivity contribution in [3.05, 3.63) is 50.4 Å². The van der Waals surface area contributed by atoms with Gasteiger partial charge >= 0.3 is 0 Å². The minimum absolute atomic E-state index is 0.823.